The normalized spacial score (nSPS) is 11.6. The number of hydrogen-bond donors (Lipinski definition) is 2. The van der Waals surface area contributed by atoms with Crippen LogP contribution in [0.4, 0.5) is 0 Å². The van der Waals surface area contributed by atoms with Crippen molar-refractivity contribution in [2.24, 2.45) is 0 Å². The van der Waals surface area contributed by atoms with Crippen LogP contribution in [-0.2, 0) is 9.53 Å². The van der Waals surface area contributed by atoms with Gasteiger partial charge in [0.05, 0.1) is 11.6 Å². The van der Waals surface area contributed by atoms with Crippen molar-refractivity contribution >= 4 is 27.8 Å². The van der Waals surface area contributed by atoms with E-state index in [2.05, 4.69) is 21.2 Å². The molecule has 0 unspecified atom stereocenters. The lowest BCUT2D eigenvalue weighted by atomic mass is 10.1. The number of rotatable bonds is 5. The Kier molecular flexibility index (Phi) is 5.76. The summed E-state index contributed by atoms with van der Waals surface area (Å²) in [7, 11) is 0. The number of benzene rings is 2. The maximum absolute atomic E-state index is 11.9. The number of nitrogens with one attached hydrogen (secondary N) is 1. The lowest BCUT2D eigenvalue weighted by molar-refractivity contribution is -0.124. The van der Waals surface area contributed by atoms with Gasteiger partial charge >= 0.3 is 5.97 Å². The van der Waals surface area contributed by atoms with Crippen LogP contribution in [0.5, 0.6) is 5.75 Å². The van der Waals surface area contributed by atoms with E-state index in [0.717, 1.165) is 10.0 Å². The number of esters is 1. The predicted molar refractivity (Wildman–Crippen MR) is 89.1 cm³/mol. The molecule has 5 nitrogen and oxygen atoms in total. The molecule has 120 valence electrons. The van der Waals surface area contributed by atoms with Crippen molar-refractivity contribution < 1.29 is 19.4 Å². The lowest BCUT2D eigenvalue weighted by Crippen LogP contribution is -2.31. The first-order valence-corrected chi connectivity index (χ1v) is 7.76. The number of carbonyl (C=O) groups excluding carboxylic acids is 2. The first-order valence-electron chi connectivity index (χ1n) is 6.97. The van der Waals surface area contributed by atoms with Gasteiger partial charge in [0.2, 0.25) is 0 Å². The first kappa shape index (κ1) is 17.0. The van der Waals surface area contributed by atoms with Crippen LogP contribution in [0.2, 0.25) is 0 Å². The molecule has 2 N–H and O–H groups in total. The summed E-state index contributed by atoms with van der Waals surface area (Å²) >= 11 is 3.43. The van der Waals surface area contributed by atoms with Gasteiger partial charge in [0, 0.05) is 4.47 Å². The number of phenols is 1. The van der Waals surface area contributed by atoms with Gasteiger partial charge in [-0.15, -0.1) is 0 Å². The highest BCUT2D eigenvalue weighted by Gasteiger charge is 2.14. The van der Waals surface area contributed by atoms with Crippen molar-refractivity contribution in [2.75, 3.05) is 6.61 Å². The maximum atomic E-state index is 11.9. The van der Waals surface area contributed by atoms with Crippen molar-refractivity contribution in [3.63, 3.8) is 0 Å². The van der Waals surface area contributed by atoms with Crippen molar-refractivity contribution in [3.05, 3.63) is 64.1 Å². The van der Waals surface area contributed by atoms with Crippen molar-refractivity contribution in [1.29, 1.82) is 0 Å². The number of amides is 1. The van der Waals surface area contributed by atoms with E-state index >= 15 is 0 Å². The maximum Gasteiger partial charge on any atom is 0.338 e. The van der Waals surface area contributed by atoms with Gasteiger partial charge in [0.1, 0.15) is 5.75 Å². The van der Waals surface area contributed by atoms with Crippen LogP contribution in [0.3, 0.4) is 0 Å². The molecule has 2 aromatic carbocycles. The molecule has 0 aliphatic rings. The summed E-state index contributed by atoms with van der Waals surface area (Å²) in [5, 5.41) is 12.1. The summed E-state index contributed by atoms with van der Waals surface area (Å²) in [6.07, 6.45) is 0. The highest BCUT2D eigenvalue weighted by atomic mass is 79.9. The Morgan fingerprint density at radius 3 is 2.65 bits per heavy atom. The Balaban J connectivity index is 1.88. The van der Waals surface area contributed by atoms with Crippen molar-refractivity contribution in [2.45, 2.75) is 13.0 Å². The fraction of sp³-hybridized carbons (Fsp3) is 0.176. The second-order valence-electron chi connectivity index (χ2n) is 4.94. The fourth-order valence-electron chi connectivity index (χ4n) is 2.03. The third-order valence-corrected chi connectivity index (χ3v) is 3.89. The molecule has 0 spiro atoms. The first-order chi connectivity index (χ1) is 11.0. The van der Waals surface area contributed by atoms with E-state index in [1.54, 1.807) is 0 Å². The summed E-state index contributed by atoms with van der Waals surface area (Å²) in [4.78, 5) is 23.7. The van der Waals surface area contributed by atoms with Crippen LogP contribution in [0, 0.1) is 0 Å². The molecular formula is C17H16BrNO4. The molecule has 1 amide bonds. The number of aromatic hydroxyl groups is 1. The molecule has 2 aromatic rings. The Morgan fingerprint density at radius 1 is 1.22 bits per heavy atom. The predicted octanol–water partition coefficient (Wildman–Crippen LogP) is 3.19. The Morgan fingerprint density at radius 2 is 1.96 bits per heavy atom. The second kappa shape index (κ2) is 7.78. The van der Waals surface area contributed by atoms with Crippen molar-refractivity contribution in [3.8, 4) is 5.75 Å². The molecule has 0 heterocycles. The molecule has 0 saturated heterocycles. The minimum atomic E-state index is -0.662. The van der Waals surface area contributed by atoms with E-state index in [0.29, 0.717) is 0 Å². The lowest BCUT2D eigenvalue weighted by Gasteiger charge is -2.15. The molecule has 1 atom stereocenters. The van der Waals surface area contributed by atoms with Gasteiger partial charge in [-0.3, -0.25) is 4.79 Å². The number of carbonyl (C=O) groups is 2. The van der Waals surface area contributed by atoms with Crippen LogP contribution < -0.4 is 5.32 Å². The van der Waals surface area contributed by atoms with E-state index in [1.165, 1.54) is 24.3 Å². The van der Waals surface area contributed by atoms with Crippen LogP contribution >= 0.6 is 15.9 Å². The van der Waals surface area contributed by atoms with E-state index in [9.17, 15) is 14.7 Å². The van der Waals surface area contributed by atoms with E-state index < -0.39 is 11.9 Å². The zero-order chi connectivity index (χ0) is 16.8. The number of halogens is 1. The molecule has 0 saturated carbocycles. The molecule has 0 radical (unpaired) electrons. The smallest absolute Gasteiger partial charge is 0.338 e. The van der Waals surface area contributed by atoms with E-state index in [1.807, 2.05) is 31.2 Å². The van der Waals surface area contributed by atoms with Gasteiger partial charge in [-0.2, -0.15) is 0 Å². The zero-order valence-corrected chi connectivity index (χ0v) is 14.0. The third kappa shape index (κ3) is 4.82. The largest absolute Gasteiger partial charge is 0.508 e. The molecule has 0 aromatic heterocycles. The standard InChI is InChI=1S/C17H16BrNO4/c1-11(14-7-2-3-8-15(14)18)19-16(21)10-23-17(22)12-5-4-6-13(20)9-12/h2-9,11,20H,10H2,1H3,(H,19,21)/t11-/m0/s1. The molecule has 2 rings (SSSR count). The molecule has 0 aliphatic carbocycles. The minimum Gasteiger partial charge on any atom is -0.508 e. The second-order valence-corrected chi connectivity index (χ2v) is 5.79. The van der Waals surface area contributed by atoms with Gasteiger partial charge in [0.15, 0.2) is 6.61 Å². The highest BCUT2D eigenvalue weighted by molar-refractivity contribution is 9.10. The minimum absolute atomic E-state index is 0.0357. The molecule has 0 fully saturated rings. The Hall–Kier alpha value is -2.34. The summed E-state index contributed by atoms with van der Waals surface area (Å²) in [6.45, 7) is 1.46. The SMILES string of the molecule is C[C@H](NC(=O)COC(=O)c1cccc(O)c1)c1ccccc1Br. The van der Waals surface area contributed by atoms with Gasteiger partial charge < -0.3 is 15.2 Å². The summed E-state index contributed by atoms with van der Waals surface area (Å²) in [6, 6.07) is 13.1. The molecular weight excluding hydrogens is 362 g/mol. The summed E-state index contributed by atoms with van der Waals surface area (Å²) < 4.78 is 5.83. The zero-order valence-electron chi connectivity index (χ0n) is 12.5. The molecule has 0 bridgehead atoms. The molecule has 6 heteroatoms. The topological polar surface area (TPSA) is 75.6 Å². The van der Waals surface area contributed by atoms with Crippen molar-refractivity contribution in [1.82, 2.24) is 5.32 Å². The van der Waals surface area contributed by atoms with Gasteiger partial charge in [-0.25, -0.2) is 4.79 Å². The average Bonchev–Trinajstić information content (AvgIpc) is 2.53. The van der Waals surface area contributed by atoms with Crippen LogP contribution in [0.15, 0.2) is 53.0 Å². The van der Waals surface area contributed by atoms with E-state index in [-0.39, 0.29) is 24.0 Å². The van der Waals surface area contributed by atoms with Crippen LogP contribution in [0.25, 0.3) is 0 Å². The van der Waals surface area contributed by atoms with Gasteiger partial charge in [0.25, 0.3) is 5.91 Å². The van der Waals surface area contributed by atoms with Gasteiger partial charge in [-0.05, 0) is 36.8 Å². The third-order valence-electron chi connectivity index (χ3n) is 3.17. The quantitative estimate of drug-likeness (QED) is 0.784. The van der Waals surface area contributed by atoms with Gasteiger partial charge in [-0.1, -0.05) is 40.2 Å². The number of ether oxygens (including phenoxy) is 1. The van der Waals surface area contributed by atoms with Crippen LogP contribution in [0.1, 0.15) is 28.9 Å². The number of hydrogen-bond acceptors (Lipinski definition) is 4. The molecule has 0 aliphatic heterocycles. The summed E-state index contributed by atoms with van der Waals surface area (Å²) in [5.74, 6) is -1.10. The number of phenolic OH excluding ortho intramolecular Hbond substituents is 1. The monoisotopic (exact) mass is 377 g/mol. The fourth-order valence-corrected chi connectivity index (χ4v) is 2.66. The Labute approximate surface area is 142 Å². The molecule has 23 heavy (non-hydrogen) atoms. The Bertz CT molecular complexity index is 717. The van der Waals surface area contributed by atoms with Crippen LogP contribution in [-0.4, -0.2) is 23.6 Å². The average molecular weight is 378 g/mol. The van der Waals surface area contributed by atoms with E-state index in [4.69, 9.17) is 4.74 Å². The highest BCUT2D eigenvalue weighted by Crippen LogP contribution is 2.22. The summed E-state index contributed by atoms with van der Waals surface area (Å²) in [5.41, 5.74) is 1.12.